The summed E-state index contributed by atoms with van der Waals surface area (Å²) < 4.78 is 5.42. The second kappa shape index (κ2) is 8.23. The van der Waals surface area contributed by atoms with Gasteiger partial charge in [-0.2, -0.15) is 0 Å². The van der Waals surface area contributed by atoms with Gasteiger partial charge >= 0.3 is 6.09 Å². The molecule has 1 amide bonds. The fourth-order valence-corrected chi connectivity index (χ4v) is 2.13. The number of pyridine rings is 1. The van der Waals surface area contributed by atoms with E-state index in [1.165, 1.54) is 12.8 Å². The highest BCUT2D eigenvalue weighted by Gasteiger charge is 2.16. The monoisotopic (exact) mass is 298 g/mol. The zero-order chi connectivity index (χ0) is 15.8. The molecule has 0 saturated heterocycles. The van der Waals surface area contributed by atoms with Gasteiger partial charge in [-0.15, -0.1) is 0 Å². The van der Waals surface area contributed by atoms with E-state index in [2.05, 4.69) is 28.2 Å². The molecule has 1 heterocycles. The van der Waals surface area contributed by atoms with Crippen molar-refractivity contribution in [1.29, 1.82) is 0 Å². The highest BCUT2D eigenvalue weighted by atomic mass is 16.6. The third-order valence-corrected chi connectivity index (χ3v) is 3.40. The molecule has 116 valence electrons. The number of carbonyl (C=O) groups is 1. The quantitative estimate of drug-likeness (QED) is 0.852. The van der Waals surface area contributed by atoms with Gasteiger partial charge < -0.3 is 4.74 Å². The Morgan fingerprint density at radius 2 is 2.23 bits per heavy atom. The van der Waals surface area contributed by atoms with Crippen LogP contribution in [0.1, 0.15) is 39.5 Å². The van der Waals surface area contributed by atoms with Crippen LogP contribution in [-0.4, -0.2) is 17.2 Å². The number of nitrogens with one attached hydrogen (secondary N) is 1. The van der Waals surface area contributed by atoms with Crippen molar-refractivity contribution in [2.75, 3.05) is 5.32 Å². The van der Waals surface area contributed by atoms with Gasteiger partial charge in [-0.25, -0.2) is 9.78 Å². The van der Waals surface area contributed by atoms with Gasteiger partial charge in [-0.1, -0.05) is 37.8 Å². The topological polar surface area (TPSA) is 51.2 Å². The molecule has 2 rings (SSSR count). The number of aromatic nitrogens is 1. The van der Waals surface area contributed by atoms with Crippen LogP contribution in [0.3, 0.4) is 0 Å². The van der Waals surface area contributed by atoms with Gasteiger partial charge in [0.25, 0.3) is 0 Å². The van der Waals surface area contributed by atoms with Gasteiger partial charge in [-0.05, 0) is 43.4 Å². The minimum atomic E-state index is -0.524. The number of hydrogen-bond acceptors (Lipinski definition) is 3. The number of allylic oxidation sites excluding steroid dienone is 2. The van der Waals surface area contributed by atoms with Gasteiger partial charge in [0.05, 0.1) is 0 Å². The largest absolute Gasteiger partial charge is 0.432 e. The van der Waals surface area contributed by atoms with Crippen LogP contribution in [0.5, 0.6) is 0 Å². The second-order valence-corrected chi connectivity index (χ2v) is 5.65. The number of anilines is 1. The summed E-state index contributed by atoms with van der Waals surface area (Å²) in [4.78, 5) is 16.0. The van der Waals surface area contributed by atoms with Crippen LogP contribution in [0, 0.1) is 17.8 Å². The van der Waals surface area contributed by atoms with Gasteiger partial charge in [0.2, 0.25) is 0 Å². The van der Waals surface area contributed by atoms with Crippen molar-refractivity contribution >= 4 is 11.9 Å². The van der Waals surface area contributed by atoms with E-state index in [-0.39, 0.29) is 5.92 Å². The molecule has 1 aliphatic carbocycles. The van der Waals surface area contributed by atoms with E-state index in [4.69, 9.17) is 4.74 Å². The summed E-state index contributed by atoms with van der Waals surface area (Å²) in [6, 6.07) is 5.30. The summed E-state index contributed by atoms with van der Waals surface area (Å²) in [5.74, 6) is 6.85. The first-order valence-electron chi connectivity index (χ1n) is 7.74. The van der Waals surface area contributed by atoms with Crippen LogP contribution in [-0.2, 0) is 4.74 Å². The molecule has 22 heavy (non-hydrogen) atoms. The summed E-state index contributed by atoms with van der Waals surface area (Å²) in [7, 11) is 0. The molecule has 1 atom stereocenters. The predicted octanol–water partition coefficient (Wildman–Crippen LogP) is 4.16. The Balaban J connectivity index is 1.95. The molecule has 1 aromatic heterocycles. The van der Waals surface area contributed by atoms with E-state index >= 15 is 0 Å². The van der Waals surface area contributed by atoms with Gasteiger partial charge in [0.15, 0.2) is 6.10 Å². The molecule has 0 saturated carbocycles. The first-order chi connectivity index (χ1) is 10.6. The molecule has 0 radical (unpaired) electrons. The maximum atomic E-state index is 11.9. The molecule has 0 aliphatic heterocycles. The molecule has 1 unspecified atom stereocenters. The summed E-state index contributed by atoms with van der Waals surface area (Å²) in [6.07, 6.45) is 7.40. The lowest BCUT2D eigenvalue weighted by Gasteiger charge is -2.16. The molecule has 1 aliphatic rings. The van der Waals surface area contributed by atoms with E-state index in [9.17, 15) is 4.79 Å². The molecule has 4 heteroatoms. The van der Waals surface area contributed by atoms with Crippen molar-refractivity contribution in [2.45, 2.75) is 45.6 Å². The normalized spacial score (nSPS) is 15.3. The molecule has 1 aromatic rings. The van der Waals surface area contributed by atoms with Crippen molar-refractivity contribution in [3.63, 3.8) is 0 Å². The fraction of sp³-hybridized carbons (Fsp3) is 0.444. The highest BCUT2D eigenvalue weighted by molar-refractivity contribution is 5.83. The summed E-state index contributed by atoms with van der Waals surface area (Å²) in [6.45, 7) is 3.98. The van der Waals surface area contributed by atoms with Gasteiger partial charge in [-0.3, -0.25) is 5.32 Å². The lowest BCUT2D eigenvalue weighted by molar-refractivity contribution is 0.115. The number of carbonyl (C=O) groups excluding carboxylic acids is 1. The molecule has 1 N–H and O–H groups in total. The minimum absolute atomic E-state index is 0.131. The standard InChI is InChI=1S/C18H22N2O2/c1-14(2)16(12-11-15-8-4-3-5-9-15)22-18(21)20-17-10-6-7-13-19-17/h6-8,10,13-14,16H,3-5,9H2,1-2H3,(H,19,20,21). The molecule has 0 fully saturated rings. The number of ether oxygens (including phenoxy) is 1. The average molecular weight is 298 g/mol. The Morgan fingerprint density at radius 1 is 1.36 bits per heavy atom. The number of rotatable bonds is 3. The van der Waals surface area contributed by atoms with Crippen LogP contribution in [0.25, 0.3) is 0 Å². The number of hydrogen-bond donors (Lipinski definition) is 1. The third-order valence-electron chi connectivity index (χ3n) is 3.40. The van der Waals surface area contributed by atoms with Crippen LogP contribution >= 0.6 is 0 Å². The predicted molar refractivity (Wildman–Crippen MR) is 87.3 cm³/mol. The Morgan fingerprint density at radius 3 is 2.86 bits per heavy atom. The minimum Gasteiger partial charge on any atom is -0.432 e. The lowest BCUT2D eigenvalue weighted by atomic mass is 9.99. The van der Waals surface area contributed by atoms with E-state index in [0.29, 0.717) is 5.82 Å². The van der Waals surface area contributed by atoms with Crippen molar-refractivity contribution in [1.82, 2.24) is 4.98 Å². The Labute approximate surface area is 132 Å². The summed E-state index contributed by atoms with van der Waals surface area (Å²) in [5, 5.41) is 2.61. The van der Waals surface area contributed by atoms with Crippen molar-refractivity contribution < 1.29 is 9.53 Å². The first-order valence-corrected chi connectivity index (χ1v) is 7.74. The van der Waals surface area contributed by atoms with E-state index in [0.717, 1.165) is 18.4 Å². The summed E-state index contributed by atoms with van der Waals surface area (Å²) in [5.41, 5.74) is 1.16. The Kier molecular flexibility index (Phi) is 6.02. The van der Waals surface area contributed by atoms with Gasteiger partial charge in [0, 0.05) is 12.1 Å². The van der Waals surface area contributed by atoms with Crippen LogP contribution in [0.4, 0.5) is 10.6 Å². The zero-order valence-corrected chi connectivity index (χ0v) is 13.1. The average Bonchev–Trinajstić information content (AvgIpc) is 2.53. The number of nitrogens with zero attached hydrogens (tertiary/aromatic N) is 1. The maximum absolute atomic E-state index is 11.9. The molecular formula is C18H22N2O2. The van der Waals surface area contributed by atoms with Crippen molar-refractivity contribution in [2.24, 2.45) is 5.92 Å². The Hall–Kier alpha value is -2.28. The molecule has 0 bridgehead atoms. The van der Waals surface area contributed by atoms with Crippen LogP contribution in [0.15, 0.2) is 36.0 Å². The summed E-state index contributed by atoms with van der Waals surface area (Å²) >= 11 is 0. The molecule has 0 aromatic carbocycles. The molecule has 0 spiro atoms. The molecular weight excluding hydrogens is 276 g/mol. The second-order valence-electron chi connectivity index (χ2n) is 5.65. The zero-order valence-electron chi connectivity index (χ0n) is 13.1. The first kappa shape index (κ1) is 16.1. The van der Waals surface area contributed by atoms with Crippen molar-refractivity contribution in [3.8, 4) is 11.8 Å². The fourth-order valence-electron chi connectivity index (χ4n) is 2.13. The van der Waals surface area contributed by atoms with E-state index < -0.39 is 12.2 Å². The lowest BCUT2D eigenvalue weighted by Crippen LogP contribution is -2.25. The SMILES string of the molecule is CC(C)C(C#CC1=CCCCC1)OC(=O)Nc1ccccn1. The van der Waals surface area contributed by atoms with Crippen molar-refractivity contribution in [3.05, 3.63) is 36.0 Å². The maximum Gasteiger partial charge on any atom is 0.414 e. The third kappa shape index (κ3) is 5.25. The van der Waals surface area contributed by atoms with Crippen LogP contribution < -0.4 is 5.32 Å². The van der Waals surface area contributed by atoms with Gasteiger partial charge in [0.1, 0.15) is 5.82 Å². The van der Waals surface area contributed by atoms with Crippen LogP contribution in [0.2, 0.25) is 0 Å². The van der Waals surface area contributed by atoms with E-state index in [1.54, 1.807) is 24.4 Å². The van der Waals surface area contributed by atoms with E-state index in [1.807, 2.05) is 13.8 Å². The number of amides is 1. The highest BCUT2D eigenvalue weighted by Crippen LogP contribution is 2.17. The Bertz CT molecular complexity index is 582. The smallest absolute Gasteiger partial charge is 0.414 e. The molecule has 4 nitrogen and oxygen atoms in total.